The minimum atomic E-state index is 0.520. The number of nitrogens with zero attached hydrogens (tertiary/aromatic N) is 2. The Hall–Kier alpha value is -2.30. The maximum atomic E-state index is 5.82. The first-order chi connectivity index (χ1) is 9.24. The van der Waals surface area contributed by atoms with E-state index in [9.17, 15) is 0 Å². The molecule has 0 radical (unpaired) electrons. The molecule has 0 aliphatic carbocycles. The lowest BCUT2D eigenvalue weighted by molar-refractivity contribution is 0.319. The summed E-state index contributed by atoms with van der Waals surface area (Å²) in [7, 11) is 1.77. The van der Waals surface area contributed by atoms with Crippen LogP contribution in [-0.4, -0.2) is 23.6 Å². The Morgan fingerprint density at radius 2 is 1.95 bits per heavy atom. The SMILES string of the molecule is CCOc1ccccc1Oc1nc(NC)ncc1C. The topological polar surface area (TPSA) is 56.3 Å². The van der Waals surface area contributed by atoms with Gasteiger partial charge in [0.2, 0.25) is 11.8 Å². The Balaban J connectivity index is 2.30. The molecule has 0 saturated heterocycles. The molecule has 1 N–H and O–H groups in total. The van der Waals surface area contributed by atoms with Crippen LogP contribution in [0.15, 0.2) is 30.5 Å². The van der Waals surface area contributed by atoms with Crippen LogP contribution in [0, 0.1) is 6.92 Å². The molecule has 2 aromatic rings. The van der Waals surface area contributed by atoms with Gasteiger partial charge in [-0.25, -0.2) is 4.98 Å². The third-order valence-corrected chi connectivity index (χ3v) is 2.50. The van der Waals surface area contributed by atoms with Gasteiger partial charge in [0.25, 0.3) is 0 Å². The van der Waals surface area contributed by atoms with Crippen LogP contribution in [0.2, 0.25) is 0 Å². The molecule has 1 heterocycles. The van der Waals surface area contributed by atoms with Crippen LogP contribution in [0.5, 0.6) is 17.4 Å². The van der Waals surface area contributed by atoms with Gasteiger partial charge in [-0.1, -0.05) is 12.1 Å². The molecule has 0 bridgehead atoms. The van der Waals surface area contributed by atoms with E-state index in [0.29, 0.717) is 29.9 Å². The molecule has 0 amide bonds. The summed E-state index contributed by atoms with van der Waals surface area (Å²) in [5.74, 6) is 2.39. The zero-order chi connectivity index (χ0) is 13.7. The minimum Gasteiger partial charge on any atom is -0.490 e. The lowest BCUT2D eigenvalue weighted by Crippen LogP contribution is -2.01. The van der Waals surface area contributed by atoms with Gasteiger partial charge in [0.05, 0.1) is 6.61 Å². The standard InChI is InChI=1S/C14H17N3O2/c1-4-18-11-7-5-6-8-12(11)19-13-10(2)9-16-14(15-3)17-13/h5-9H,4H2,1-3H3,(H,15,16,17). The third kappa shape index (κ3) is 3.13. The van der Waals surface area contributed by atoms with E-state index in [1.807, 2.05) is 38.1 Å². The fraction of sp³-hybridized carbons (Fsp3) is 0.286. The molecule has 0 atom stereocenters. The summed E-state index contributed by atoms with van der Waals surface area (Å²) >= 11 is 0. The third-order valence-electron chi connectivity index (χ3n) is 2.50. The van der Waals surface area contributed by atoms with E-state index >= 15 is 0 Å². The van der Waals surface area contributed by atoms with Crippen LogP contribution in [0.4, 0.5) is 5.95 Å². The highest BCUT2D eigenvalue weighted by Crippen LogP contribution is 2.31. The highest BCUT2D eigenvalue weighted by atomic mass is 16.5. The lowest BCUT2D eigenvalue weighted by atomic mass is 10.3. The minimum absolute atomic E-state index is 0.520. The van der Waals surface area contributed by atoms with Crippen molar-refractivity contribution in [2.75, 3.05) is 19.0 Å². The first-order valence-electron chi connectivity index (χ1n) is 6.15. The molecule has 0 fully saturated rings. The van der Waals surface area contributed by atoms with Crippen molar-refractivity contribution in [2.24, 2.45) is 0 Å². The predicted molar refractivity (Wildman–Crippen MR) is 74.0 cm³/mol. The second-order valence-electron chi connectivity index (χ2n) is 3.91. The molecule has 0 aliphatic rings. The highest BCUT2D eigenvalue weighted by molar-refractivity contribution is 5.43. The van der Waals surface area contributed by atoms with Gasteiger partial charge in [0, 0.05) is 18.8 Å². The predicted octanol–water partition coefficient (Wildman–Crippen LogP) is 3.02. The molecule has 0 unspecified atom stereocenters. The Morgan fingerprint density at radius 1 is 1.21 bits per heavy atom. The maximum absolute atomic E-state index is 5.82. The first-order valence-corrected chi connectivity index (χ1v) is 6.15. The van der Waals surface area contributed by atoms with Crippen molar-refractivity contribution in [3.05, 3.63) is 36.0 Å². The zero-order valence-corrected chi connectivity index (χ0v) is 11.3. The number of benzene rings is 1. The van der Waals surface area contributed by atoms with Crippen molar-refractivity contribution in [2.45, 2.75) is 13.8 Å². The number of hydrogen-bond donors (Lipinski definition) is 1. The molecule has 1 aromatic heterocycles. The van der Waals surface area contributed by atoms with Gasteiger partial charge >= 0.3 is 0 Å². The average molecular weight is 259 g/mol. The summed E-state index contributed by atoms with van der Waals surface area (Å²) in [4.78, 5) is 8.41. The van der Waals surface area contributed by atoms with Gasteiger partial charge in [-0.2, -0.15) is 4.98 Å². The number of ether oxygens (including phenoxy) is 2. The summed E-state index contributed by atoms with van der Waals surface area (Å²) < 4.78 is 11.3. The van der Waals surface area contributed by atoms with E-state index < -0.39 is 0 Å². The number of anilines is 1. The Bertz CT molecular complexity index is 558. The van der Waals surface area contributed by atoms with E-state index in [1.165, 1.54) is 0 Å². The molecular weight excluding hydrogens is 242 g/mol. The molecule has 1 aromatic carbocycles. The van der Waals surface area contributed by atoms with E-state index in [-0.39, 0.29) is 0 Å². The Morgan fingerprint density at radius 3 is 2.63 bits per heavy atom. The molecule has 2 rings (SSSR count). The first kappa shape index (κ1) is 13.1. The summed E-state index contributed by atoms with van der Waals surface area (Å²) in [6.07, 6.45) is 1.72. The van der Waals surface area contributed by atoms with Crippen molar-refractivity contribution >= 4 is 5.95 Å². The number of rotatable bonds is 5. The van der Waals surface area contributed by atoms with Crippen LogP contribution < -0.4 is 14.8 Å². The fourth-order valence-electron chi connectivity index (χ4n) is 1.56. The molecule has 0 saturated carbocycles. The second kappa shape index (κ2) is 6.04. The molecule has 5 nitrogen and oxygen atoms in total. The molecular formula is C14H17N3O2. The van der Waals surface area contributed by atoms with E-state index in [2.05, 4.69) is 15.3 Å². The molecule has 19 heavy (non-hydrogen) atoms. The fourth-order valence-corrected chi connectivity index (χ4v) is 1.56. The van der Waals surface area contributed by atoms with Crippen molar-refractivity contribution in [1.29, 1.82) is 0 Å². The van der Waals surface area contributed by atoms with Crippen molar-refractivity contribution < 1.29 is 9.47 Å². The smallest absolute Gasteiger partial charge is 0.227 e. The van der Waals surface area contributed by atoms with Crippen LogP contribution in [0.25, 0.3) is 0 Å². The van der Waals surface area contributed by atoms with Crippen molar-refractivity contribution in [1.82, 2.24) is 9.97 Å². The molecule has 100 valence electrons. The lowest BCUT2D eigenvalue weighted by Gasteiger charge is -2.12. The number of nitrogens with one attached hydrogen (secondary N) is 1. The van der Waals surface area contributed by atoms with E-state index in [1.54, 1.807) is 13.2 Å². The van der Waals surface area contributed by atoms with Crippen molar-refractivity contribution in [3.63, 3.8) is 0 Å². The highest BCUT2D eigenvalue weighted by Gasteiger charge is 2.09. The van der Waals surface area contributed by atoms with Crippen LogP contribution in [0.1, 0.15) is 12.5 Å². The van der Waals surface area contributed by atoms with Crippen molar-refractivity contribution in [3.8, 4) is 17.4 Å². The van der Waals surface area contributed by atoms with Gasteiger partial charge in [-0.15, -0.1) is 0 Å². The summed E-state index contributed by atoms with van der Waals surface area (Å²) in [5.41, 5.74) is 0.866. The van der Waals surface area contributed by atoms with Gasteiger partial charge in [0.1, 0.15) is 0 Å². The summed E-state index contributed by atoms with van der Waals surface area (Å²) in [6, 6.07) is 7.52. The second-order valence-corrected chi connectivity index (χ2v) is 3.91. The Labute approximate surface area is 112 Å². The van der Waals surface area contributed by atoms with E-state index in [0.717, 1.165) is 5.56 Å². The van der Waals surface area contributed by atoms with Crippen LogP contribution >= 0.6 is 0 Å². The molecule has 0 spiro atoms. The normalized spacial score (nSPS) is 10.1. The summed E-state index contributed by atoms with van der Waals surface area (Å²) in [5, 5.41) is 2.89. The number of hydrogen-bond acceptors (Lipinski definition) is 5. The molecule has 5 heteroatoms. The van der Waals surface area contributed by atoms with Gasteiger partial charge in [0.15, 0.2) is 11.5 Å². The number of para-hydroxylation sites is 2. The largest absolute Gasteiger partial charge is 0.490 e. The van der Waals surface area contributed by atoms with Gasteiger partial charge < -0.3 is 14.8 Å². The maximum Gasteiger partial charge on any atom is 0.227 e. The van der Waals surface area contributed by atoms with Crippen LogP contribution in [0.3, 0.4) is 0 Å². The summed E-state index contributed by atoms with van der Waals surface area (Å²) in [6.45, 7) is 4.43. The monoisotopic (exact) mass is 259 g/mol. The number of aromatic nitrogens is 2. The Kier molecular flexibility index (Phi) is 4.18. The zero-order valence-electron chi connectivity index (χ0n) is 11.3. The molecule has 0 aliphatic heterocycles. The average Bonchev–Trinajstić information content (AvgIpc) is 2.43. The van der Waals surface area contributed by atoms with E-state index in [4.69, 9.17) is 9.47 Å². The van der Waals surface area contributed by atoms with Gasteiger partial charge in [-0.3, -0.25) is 0 Å². The van der Waals surface area contributed by atoms with Crippen LogP contribution in [-0.2, 0) is 0 Å². The number of aryl methyl sites for hydroxylation is 1. The van der Waals surface area contributed by atoms with Gasteiger partial charge in [-0.05, 0) is 26.0 Å². The quantitative estimate of drug-likeness (QED) is 0.894.